The highest BCUT2D eigenvalue weighted by Crippen LogP contribution is 2.23. The van der Waals surface area contributed by atoms with E-state index >= 15 is 0 Å². The Labute approximate surface area is 138 Å². The second-order valence-electron chi connectivity index (χ2n) is 5.50. The van der Waals surface area contributed by atoms with Gasteiger partial charge in [0.1, 0.15) is 5.58 Å². The van der Waals surface area contributed by atoms with E-state index in [2.05, 4.69) is 5.32 Å². The number of fused-ring (bicyclic) bond motifs is 1. The predicted octanol–water partition coefficient (Wildman–Crippen LogP) is 3.05. The normalized spacial score (nSPS) is 15.7. The number of nitrogens with one attached hydrogen (secondary N) is 1. The van der Waals surface area contributed by atoms with Crippen LogP contribution >= 0.6 is 11.6 Å². The lowest BCUT2D eigenvalue weighted by atomic mass is 10.1. The van der Waals surface area contributed by atoms with E-state index in [0.717, 1.165) is 5.39 Å². The van der Waals surface area contributed by atoms with Gasteiger partial charge in [0.2, 0.25) is 0 Å². The summed E-state index contributed by atoms with van der Waals surface area (Å²) >= 11 is 5.93. The van der Waals surface area contributed by atoms with Crippen LogP contribution in [0.2, 0.25) is 5.02 Å². The molecular weight excluding hydrogens is 320 g/mol. The average molecular weight is 337 g/mol. The maximum atomic E-state index is 12.3. The van der Waals surface area contributed by atoms with E-state index < -0.39 is 0 Å². The average Bonchev–Trinajstić information content (AvgIpc) is 2.98. The van der Waals surface area contributed by atoms with Gasteiger partial charge in [0.25, 0.3) is 5.91 Å². The zero-order valence-corrected chi connectivity index (χ0v) is 13.4. The fraction of sp³-hybridized carbons (Fsp3) is 0.375. The fourth-order valence-corrected chi connectivity index (χ4v) is 2.90. The number of furan rings is 1. The largest absolute Gasteiger partial charge is 0.453 e. The molecule has 1 aromatic carbocycles. The molecule has 1 aromatic heterocycles. The first-order valence-electron chi connectivity index (χ1n) is 7.39. The van der Waals surface area contributed by atoms with Gasteiger partial charge in [0.05, 0.1) is 7.11 Å². The van der Waals surface area contributed by atoms with E-state index in [1.54, 1.807) is 29.2 Å². The molecule has 2 heterocycles. The van der Waals surface area contributed by atoms with Crippen molar-refractivity contribution in [3.63, 3.8) is 0 Å². The van der Waals surface area contributed by atoms with Crippen LogP contribution in [0, 0.1) is 0 Å². The van der Waals surface area contributed by atoms with Crippen LogP contribution in [0.1, 0.15) is 23.4 Å². The van der Waals surface area contributed by atoms with Gasteiger partial charge in [0.15, 0.2) is 5.76 Å². The first-order chi connectivity index (χ1) is 11.1. The number of hydrogen-bond acceptors (Lipinski definition) is 4. The summed E-state index contributed by atoms with van der Waals surface area (Å²) in [6.07, 6.45) is 1.05. The molecule has 3 rings (SSSR count). The molecule has 1 aliphatic rings. The SMILES string of the molecule is COC(=O)N1CCC(NC(=O)c2cc3cc(Cl)ccc3o2)CC1. The molecule has 1 saturated heterocycles. The van der Waals surface area contributed by atoms with Crippen LogP contribution in [-0.4, -0.2) is 43.1 Å². The van der Waals surface area contributed by atoms with Gasteiger partial charge in [-0.15, -0.1) is 0 Å². The molecule has 0 saturated carbocycles. The van der Waals surface area contributed by atoms with Crippen molar-refractivity contribution in [2.45, 2.75) is 18.9 Å². The van der Waals surface area contributed by atoms with Crippen molar-refractivity contribution in [2.75, 3.05) is 20.2 Å². The predicted molar refractivity (Wildman–Crippen MR) is 85.7 cm³/mol. The third-order valence-corrected chi connectivity index (χ3v) is 4.20. The Morgan fingerprint density at radius 2 is 2.04 bits per heavy atom. The number of ether oxygens (including phenoxy) is 1. The summed E-state index contributed by atoms with van der Waals surface area (Å²) in [7, 11) is 1.37. The van der Waals surface area contributed by atoms with Crippen molar-refractivity contribution in [3.8, 4) is 0 Å². The van der Waals surface area contributed by atoms with Gasteiger partial charge in [-0.1, -0.05) is 11.6 Å². The van der Waals surface area contributed by atoms with Gasteiger partial charge in [-0.2, -0.15) is 0 Å². The summed E-state index contributed by atoms with van der Waals surface area (Å²) in [6, 6.07) is 6.91. The Kier molecular flexibility index (Phi) is 4.43. The topological polar surface area (TPSA) is 71.8 Å². The number of methoxy groups -OCH3 is 1. The summed E-state index contributed by atoms with van der Waals surface area (Å²) in [5, 5.41) is 4.34. The van der Waals surface area contributed by atoms with Gasteiger partial charge in [-0.05, 0) is 37.1 Å². The Morgan fingerprint density at radius 1 is 1.30 bits per heavy atom. The zero-order valence-electron chi connectivity index (χ0n) is 12.7. The smallest absolute Gasteiger partial charge is 0.409 e. The van der Waals surface area contributed by atoms with Crippen molar-refractivity contribution in [1.29, 1.82) is 0 Å². The maximum Gasteiger partial charge on any atom is 0.409 e. The number of carbonyl (C=O) groups excluding carboxylic acids is 2. The van der Waals surface area contributed by atoms with Gasteiger partial charge in [-0.3, -0.25) is 4.79 Å². The molecule has 1 aliphatic heterocycles. The molecule has 0 atom stereocenters. The molecule has 7 heteroatoms. The lowest BCUT2D eigenvalue weighted by Gasteiger charge is -2.31. The lowest BCUT2D eigenvalue weighted by Crippen LogP contribution is -2.46. The third-order valence-electron chi connectivity index (χ3n) is 3.97. The van der Waals surface area contributed by atoms with Gasteiger partial charge in [-0.25, -0.2) is 4.79 Å². The molecular formula is C16H17ClN2O4. The minimum Gasteiger partial charge on any atom is -0.453 e. The molecule has 0 unspecified atom stereocenters. The first-order valence-corrected chi connectivity index (χ1v) is 7.77. The number of halogens is 1. The summed E-state index contributed by atoms with van der Waals surface area (Å²) in [5.41, 5.74) is 0.625. The summed E-state index contributed by atoms with van der Waals surface area (Å²) < 4.78 is 10.2. The zero-order chi connectivity index (χ0) is 16.4. The van der Waals surface area contributed by atoms with E-state index in [1.165, 1.54) is 7.11 Å². The third kappa shape index (κ3) is 3.42. The van der Waals surface area contributed by atoms with E-state index in [0.29, 0.717) is 36.5 Å². The molecule has 122 valence electrons. The van der Waals surface area contributed by atoms with Crippen molar-refractivity contribution in [1.82, 2.24) is 10.2 Å². The fourth-order valence-electron chi connectivity index (χ4n) is 2.72. The molecule has 1 fully saturated rings. The molecule has 0 bridgehead atoms. The van der Waals surface area contributed by atoms with E-state index in [1.807, 2.05) is 0 Å². The Bertz CT molecular complexity index is 735. The van der Waals surface area contributed by atoms with Crippen LogP contribution in [0.15, 0.2) is 28.7 Å². The maximum absolute atomic E-state index is 12.3. The highest BCUT2D eigenvalue weighted by Gasteiger charge is 2.25. The lowest BCUT2D eigenvalue weighted by molar-refractivity contribution is 0.0869. The first kappa shape index (κ1) is 15.7. The number of hydrogen-bond donors (Lipinski definition) is 1. The minimum atomic E-state index is -0.330. The van der Waals surface area contributed by atoms with Gasteiger partial charge >= 0.3 is 6.09 Å². The van der Waals surface area contributed by atoms with Crippen molar-refractivity contribution < 1.29 is 18.7 Å². The molecule has 0 aliphatic carbocycles. The van der Waals surface area contributed by atoms with Crippen molar-refractivity contribution in [3.05, 3.63) is 35.0 Å². The number of nitrogens with zero attached hydrogens (tertiary/aromatic N) is 1. The quantitative estimate of drug-likeness (QED) is 0.915. The Balaban J connectivity index is 1.62. The van der Waals surface area contributed by atoms with E-state index in [9.17, 15) is 9.59 Å². The number of piperidine rings is 1. The van der Waals surface area contributed by atoms with Crippen LogP contribution in [0.4, 0.5) is 4.79 Å². The molecule has 2 aromatic rings. The second kappa shape index (κ2) is 6.50. The number of carbonyl (C=O) groups is 2. The molecule has 0 spiro atoms. The second-order valence-corrected chi connectivity index (χ2v) is 5.93. The molecule has 23 heavy (non-hydrogen) atoms. The van der Waals surface area contributed by atoms with Crippen LogP contribution in [0.3, 0.4) is 0 Å². The number of amides is 2. The highest BCUT2D eigenvalue weighted by molar-refractivity contribution is 6.31. The van der Waals surface area contributed by atoms with Crippen LogP contribution in [0.25, 0.3) is 11.0 Å². The number of likely N-dealkylation sites (tertiary alicyclic amines) is 1. The summed E-state index contributed by atoms with van der Waals surface area (Å²) in [6.45, 7) is 1.13. The highest BCUT2D eigenvalue weighted by atomic mass is 35.5. The van der Waals surface area contributed by atoms with E-state index in [4.69, 9.17) is 20.8 Å². The molecule has 1 N–H and O–H groups in total. The number of benzene rings is 1. The Hall–Kier alpha value is -2.21. The Morgan fingerprint density at radius 3 is 2.74 bits per heavy atom. The van der Waals surface area contributed by atoms with Crippen LogP contribution < -0.4 is 5.32 Å². The molecule has 2 amide bonds. The summed E-state index contributed by atoms with van der Waals surface area (Å²) in [4.78, 5) is 25.4. The standard InChI is InChI=1S/C16H17ClN2O4/c1-22-16(21)19-6-4-12(5-7-19)18-15(20)14-9-10-8-11(17)2-3-13(10)23-14/h2-3,8-9,12H,4-7H2,1H3,(H,18,20). The minimum absolute atomic E-state index is 0.0141. The van der Waals surface area contributed by atoms with E-state index in [-0.39, 0.29) is 23.8 Å². The molecule has 0 radical (unpaired) electrons. The number of rotatable bonds is 2. The van der Waals surface area contributed by atoms with Crippen LogP contribution in [-0.2, 0) is 4.74 Å². The van der Waals surface area contributed by atoms with Crippen molar-refractivity contribution in [2.24, 2.45) is 0 Å². The van der Waals surface area contributed by atoms with Gasteiger partial charge < -0.3 is 19.4 Å². The van der Waals surface area contributed by atoms with Gasteiger partial charge in [0, 0.05) is 29.5 Å². The monoisotopic (exact) mass is 336 g/mol. The van der Waals surface area contributed by atoms with Crippen molar-refractivity contribution >= 4 is 34.6 Å². The summed E-state index contributed by atoms with van der Waals surface area (Å²) in [5.74, 6) is 0.00602. The molecule has 6 nitrogen and oxygen atoms in total. The van der Waals surface area contributed by atoms with Crippen LogP contribution in [0.5, 0.6) is 0 Å².